The third-order valence-electron chi connectivity index (χ3n) is 5.98. The highest BCUT2D eigenvalue weighted by atomic mass is 16.6. The molecule has 3 unspecified atom stereocenters. The molecule has 0 bridgehead atoms. The van der Waals surface area contributed by atoms with Crippen LogP contribution in [0, 0.1) is 11.8 Å². The van der Waals surface area contributed by atoms with E-state index in [0.717, 1.165) is 12.0 Å². The van der Waals surface area contributed by atoms with Crippen LogP contribution in [0.5, 0.6) is 0 Å². The molecular weight excluding hydrogens is 478 g/mol. The molecule has 0 fully saturated rings. The largest absolute Gasteiger partial charge is 0.444 e. The Kier molecular flexibility index (Phi) is 12.1. The highest BCUT2D eigenvalue weighted by Gasteiger charge is 2.40. The number of nitrogens with one attached hydrogen (secondary N) is 2. The van der Waals surface area contributed by atoms with E-state index in [9.17, 15) is 14.4 Å². The van der Waals surface area contributed by atoms with E-state index in [-0.39, 0.29) is 23.8 Å². The lowest BCUT2D eigenvalue weighted by Crippen LogP contribution is -2.58. The normalized spacial score (nSPS) is 14.4. The zero-order valence-electron chi connectivity index (χ0n) is 25.5. The Morgan fingerprint density at radius 3 is 2.08 bits per heavy atom. The van der Waals surface area contributed by atoms with E-state index < -0.39 is 29.3 Å². The van der Waals surface area contributed by atoms with Crippen molar-refractivity contribution >= 4 is 24.0 Å². The Bertz CT molecular complexity index is 957. The van der Waals surface area contributed by atoms with Crippen LogP contribution in [-0.4, -0.2) is 46.0 Å². The molecule has 1 rings (SSSR count). The first-order valence-corrected chi connectivity index (χ1v) is 13.7. The van der Waals surface area contributed by atoms with Crippen molar-refractivity contribution in [2.75, 3.05) is 0 Å². The topological polar surface area (TPSA) is 87.7 Å². The van der Waals surface area contributed by atoms with Gasteiger partial charge in [0.15, 0.2) is 0 Å². The predicted molar refractivity (Wildman–Crippen MR) is 156 cm³/mol. The van der Waals surface area contributed by atoms with Crippen molar-refractivity contribution in [3.63, 3.8) is 0 Å². The molecule has 0 saturated heterocycles. The summed E-state index contributed by atoms with van der Waals surface area (Å²) in [4.78, 5) is 42.7. The Labute approximate surface area is 230 Å². The second-order valence-electron chi connectivity index (χ2n) is 12.9. The number of amides is 3. The molecule has 0 aromatic heterocycles. The minimum absolute atomic E-state index is 0.236. The van der Waals surface area contributed by atoms with Gasteiger partial charge in [-0.25, -0.2) is 4.79 Å². The van der Waals surface area contributed by atoms with Crippen molar-refractivity contribution < 1.29 is 19.1 Å². The van der Waals surface area contributed by atoms with Crippen LogP contribution in [0.25, 0.3) is 6.08 Å². The zero-order valence-corrected chi connectivity index (χ0v) is 25.5. The first-order valence-electron chi connectivity index (χ1n) is 13.7. The number of ether oxygens (including phenoxy) is 1. The predicted octanol–water partition coefficient (Wildman–Crippen LogP) is 6.49. The summed E-state index contributed by atoms with van der Waals surface area (Å²) in [5.74, 6) is -0.398. The molecular formula is C31H51N3O4. The number of hydrogen-bond donors (Lipinski definition) is 2. The number of alkyl carbamates (subject to hydrolysis) is 1. The lowest BCUT2D eigenvalue weighted by Gasteiger charge is -2.40. The van der Waals surface area contributed by atoms with Gasteiger partial charge in [0.2, 0.25) is 11.8 Å². The van der Waals surface area contributed by atoms with Crippen LogP contribution in [0.15, 0.2) is 30.8 Å². The smallest absolute Gasteiger partial charge is 0.408 e. The molecule has 1 aromatic carbocycles. The zero-order chi connectivity index (χ0) is 29.4. The first kappa shape index (κ1) is 33.2. The number of nitrogens with zero attached hydrogens (tertiary/aromatic N) is 1. The van der Waals surface area contributed by atoms with Gasteiger partial charge in [0.1, 0.15) is 17.7 Å². The molecule has 0 aliphatic rings. The fourth-order valence-corrected chi connectivity index (χ4v) is 4.15. The fourth-order valence-electron chi connectivity index (χ4n) is 4.15. The van der Waals surface area contributed by atoms with Gasteiger partial charge in [0.05, 0.1) is 0 Å². The lowest BCUT2D eigenvalue weighted by atomic mass is 9.93. The van der Waals surface area contributed by atoms with E-state index in [2.05, 4.69) is 31.1 Å². The maximum absolute atomic E-state index is 14.4. The van der Waals surface area contributed by atoms with Gasteiger partial charge >= 0.3 is 6.09 Å². The Morgan fingerprint density at radius 2 is 1.61 bits per heavy atom. The van der Waals surface area contributed by atoms with Gasteiger partial charge in [-0.1, -0.05) is 58.5 Å². The third kappa shape index (κ3) is 10.9. The summed E-state index contributed by atoms with van der Waals surface area (Å²) in [6.07, 6.45) is 2.65. The van der Waals surface area contributed by atoms with Gasteiger partial charge in [-0.3, -0.25) is 9.59 Å². The summed E-state index contributed by atoms with van der Waals surface area (Å²) in [7, 11) is 0. The summed E-state index contributed by atoms with van der Waals surface area (Å²) >= 11 is 0. The van der Waals surface area contributed by atoms with Gasteiger partial charge < -0.3 is 20.3 Å². The van der Waals surface area contributed by atoms with Crippen molar-refractivity contribution in [1.29, 1.82) is 0 Å². The molecule has 0 radical (unpaired) electrons. The number of hydrogen-bond acceptors (Lipinski definition) is 4. The lowest BCUT2D eigenvalue weighted by molar-refractivity contribution is -0.146. The van der Waals surface area contributed by atoms with Crippen LogP contribution in [-0.2, 0) is 14.3 Å². The summed E-state index contributed by atoms with van der Waals surface area (Å²) < 4.78 is 5.47. The number of benzene rings is 1. The summed E-state index contributed by atoms with van der Waals surface area (Å²) in [5.41, 5.74) is 0.325. The standard InChI is InChI=1S/C31H51N3O4/c1-13-23-15-14-16-24(19-23)26(27(35)33-30(7,8)9)34(22(6)18-17-20(2)3)28(36)25(21(4)5)32-29(37)38-31(10,11)12/h13-16,19-22,25-26H,1,17-18H2,2-12H3,(H,32,37)(H,33,35). The minimum Gasteiger partial charge on any atom is -0.444 e. The second-order valence-corrected chi connectivity index (χ2v) is 12.9. The monoisotopic (exact) mass is 529 g/mol. The average molecular weight is 530 g/mol. The van der Waals surface area contributed by atoms with Crippen molar-refractivity contribution in [2.45, 2.75) is 118 Å². The molecule has 3 amide bonds. The Balaban J connectivity index is 3.69. The van der Waals surface area contributed by atoms with Crippen LogP contribution in [0.1, 0.15) is 106 Å². The highest BCUT2D eigenvalue weighted by Crippen LogP contribution is 2.30. The Morgan fingerprint density at radius 1 is 1.00 bits per heavy atom. The molecule has 3 atom stereocenters. The van der Waals surface area contributed by atoms with Crippen molar-refractivity contribution in [3.8, 4) is 0 Å². The molecule has 7 heteroatoms. The van der Waals surface area contributed by atoms with Crippen molar-refractivity contribution in [1.82, 2.24) is 15.5 Å². The van der Waals surface area contributed by atoms with Gasteiger partial charge in [-0.15, -0.1) is 0 Å². The molecule has 38 heavy (non-hydrogen) atoms. The van der Waals surface area contributed by atoms with Crippen LogP contribution >= 0.6 is 0 Å². The van der Waals surface area contributed by atoms with Gasteiger partial charge in [0, 0.05) is 11.6 Å². The van der Waals surface area contributed by atoms with Gasteiger partial charge in [0.25, 0.3) is 0 Å². The second kappa shape index (κ2) is 13.8. The molecule has 0 aliphatic heterocycles. The Hall–Kier alpha value is -2.83. The van der Waals surface area contributed by atoms with E-state index in [1.807, 2.05) is 65.8 Å². The maximum Gasteiger partial charge on any atom is 0.408 e. The molecule has 0 aliphatic carbocycles. The van der Waals surface area contributed by atoms with Crippen molar-refractivity contribution in [3.05, 3.63) is 42.0 Å². The maximum atomic E-state index is 14.4. The van der Waals surface area contributed by atoms with Gasteiger partial charge in [-0.05, 0) is 90.3 Å². The van der Waals surface area contributed by atoms with Crippen LogP contribution in [0.2, 0.25) is 0 Å². The highest BCUT2D eigenvalue weighted by molar-refractivity contribution is 5.92. The molecule has 1 aromatic rings. The van der Waals surface area contributed by atoms with E-state index in [1.165, 1.54) is 0 Å². The van der Waals surface area contributed by atoms with Crippen molar-refractivity contribution in [2.24, 2.45) is 11.8 Å². The van der Waals surface area contributed by atoms with E-state index in [0.29, 0.717) is 17.9 Å². The van der Waals surface area contributed by atoms with Crippen LogP contribution in [0.3, 0.4) is 0 Å². The molecule has 0 spiro atoms. The van der Waals surface area contributed by atoms with E-state index in [1.54, 1.807) is 31.7 Å². The quantitative estimate of drug-likeness (QED) is 0.343. The SMILES string of the molecule is C=Cc1cccc(C(C(=O)NC(C)(C)C)N(C(=O)C(NC(=O)OC(C)(C)C)C(C)C)C(C)CCC(C)C)c1. The molecule has 2 N–H and O–H groups in total. The molecule has 0 saturated carbocycles. The van der Waals surface area contributed by atoms with Crippen LogP contribution < -0.4 is 10.6 Å². The molecule has 0 heterocycles. The number of rotatable bonds is 11. The number of carbonyl (C=O) groups is 3. The molecule has 214 valence electrons. The summed E-state index contributed by atoms with van der Waals surface area (Å²) in [6.45, 7) is 24.9. The minimum atomic E-state index is -0.898. The van der Waals surface area contributed by atoms with Gasteiger partial charge in [-0.2, -0.15) is 0 Å². The summed E-state index contributed by atoms with van der Waals surface area (Å²) in [5, 5.41) is 5.87. The van der Waals surface area contributed by atoms with Crippen LogP contribution in [0.4, 0.5) is 4.79 Å². The first-order chi connectivity index (χ1) is 17.4. The van der Waals surface area contributed by atoms with E-state index >= 15 is 0 Å². The fraction of sp³-hybridized carbons (Fsp3) is 0.645. The third-order valence-corrected chi connectivity index (χ3v) is 5.98. The van der Waals surface area contributed by atoms with E-state index in [4.69, 9.17) is 4.74 Å². The molecule has 7 nitrogen and oxygen atoms in total. The summed E-state index contributed by atoms with van der Waals surface area (Å²) in [6, 6.07) is 5.48. The number of carbonyl (C=O) groups excluding carboxylic acids is 3. The average Bonchev–Trinajstić information content (AvgIpc) is 2.76.